The molecule has 9 heteroatoms. The molecule has 2 aliphatic rings. The lowest BCUT2D eigenvalue weighted by atomic mass is 9.97. The maximum atomic E-state index is 12.7. The molecule has 1 aromatic rings. The fourth-order valence-electron chi connectivity index (χ4n) is 3.39. The van der Waals surface area contributed by atoms with Gasteiger partial charge in [-0.1, -0.05) is 24.3 Å². The van der Waals surface area contributed by atoms with Crippen LogP contribution in [-0.4, -0.2) is 58.0 Å². The number of benzene rings is 1. The van der Waals surface area contributed by atoms with E-state index in [1.54, 1.807) is 0 Å². The van der Waals surface area contributed by atoms with E-state index < -0.39 is 10.0 Å². The molecule has 2 fully saturated rings. The Bertz CT molecular complexity index is 717. The van der Waals surface area contributed by atoms with Crippen LogP contribution in [0.15, 0.2) is 24.3 Å². The van der Waals surface area contributed by atoms with Crippen molar-refractivity contribution < 1.29 is 17.9 Å². The molecule has 0 radical (unpaired) electrons. The van der Waals surface area contributed by atoms with E-state index >= 15 is 0 Å². The highest BCUT2D eigenvalue weighted by Crippen LogP contribution is 2.17. The molecule has 0 unspecified atom stereocenters. The summed E-state index contributed by atoms with van der Waals surface area (Å²) in [6.07, 6.45) is 1.69. The number of carbonyl (C=O) groups excluding carboxylic acids is 1. The monoisotopic (exact) mass is 417 g/mol. The maximum Gasteiger partial charge on any atom is 0.223 e. The van der Waals surface area contributed by atoms with E-state index in [0.717, 1.165) is 37.1 Å². The van der Waals surface area contributed by atoms with Crippen molar-refractivity contribution in [2.45, 2.75) is 25.1 Å². The molecule has 0 saturated carbocycles. The number of nitrogens with zero attached hydrogens (tertiary/aromatic N) is 1. The Hall–Kier alpha value is -1.19. The molecule has 0 aliphatic carbocycles. The van der Waals surface area contributed by atoms with Crippen molar-refractivity contribution in [3.63, 3.8) is 0 Å². The normalized spacial score (nSPS) is 19.3. The number of amides is 1. The van der Waals surface area contributed by atoms with Crippen LogP contribution in [0.1, 0.15) is 24.0 Å². The molecule has 1 aromatic carbocycles. The number of piperidine rings is 1. The highest BCUT2D eigenvalue weighted by Gasteiger charge is 2.26. The van der Waals surface area contributed by atoms with Crippen molar-refractivity contribution in [1.82, 2.24) is 14.9 Å². The van der Waals surface area contributed by atoms with Crippen LogP contribution >= 0.6 is 12.4 Å². The average Bonchev–Trinajstić information content (AvgIpc) is 2.68. The Kier molecular flexibility index (Phi) is 8.50. The molecule has 2 saturated heterocycles. The summed E-state index contributed by atoms with van der Waals surface area (Å²) >= 11 is 0. The Morgan fingerprint density at radius 2 is 1.78 bits per heavy atom. The predicted octanol–water partition coefficient (Wildman–Crippen LogP) is 0.886. The van der Waals surface area contributed by atoms with Gasteiger partial charge < -0.3 is 15.4 Å². The van der Waals surface area contributed by atoms with Gasteiger partial charge in [0.05, 0.1) is 19.0 Å². The zero-order valence-electron chi connectivity index (χ0n) is 15.4. The van der Waals surface area contributed by atoms with Crippen molar-refractivity contribution in [2.24, 2.45) is 5.92 Å². The lowest BCUT2D eigenvalue weighted by Gasteiger charge is -2.26. The second-order valence-electron chi connectivity index (χ2n) is 6.78. The van der Waals surface area contributed by atoms with E-state index in [1.165, 1.54) is 4.31 Å². The van der Waals surface area contributed by atoms with Gasteiger partial charge in [-0.3, -0.25) is 4.79 Å². The molecular weight excluding hydrogens is 390 g/mol. The molecule has 0 atom stereocenters. The predicted molar refractivity (Wildman–Crippen MR) is 106 cm³/mol. The van der Waals surface area contributed by atoms with Gasteiger partial charge in [0, 0.05) is 25.6 Å². The van der Waals surface area contributed by atoms with Gasteiger partial charge in [0.2, 0.25) is 15.9 Å². The van der Waals surface area contributed by atoms with Crippen LogP contribution < -0.4 is 10.6 Å². The average molecular weight is 418 g/mol. The molecule has 7 nitrogen and oxygen atoms in total. The number of carbonyl (C=O) groups is 1. The number of sulfonamides is 1. The first-order chi connectivity index (χ1) is 12.6. The first kappa shape index (κ1) is 22.1. The second-order valence-corrected chi connectivity index (χ2v) is 8.75. The van der Waals surface area contributed by atoms with Crippen LogP contribution in [0.4, 0.5) is 0 Å². The van der Waals surface area contributed by atoms with Gasteiger partial charge in [0.25, 0.3) is 0 Å². The van der Waals surface area contributed by atoms with E-state index in [-0.39, 0.29) is 30.0 Å². The first-order valence-corrected chi connectivity index (χ1v) is 10.8. The molecule has 3 rings (SSSR count). The minimum atomic E-state index is -3.39. The summed E-state index contributed by atoms with van der Waals surface area (Å²) in [7, 11) is -3.39. The third kappa shape index (κ3) is 6.15. The summed E-state index contributed by atoms with van der Waals surface area (Å²) in [5, 5.41) is 6.23. The van der Waals surface area contributed by atoms with Crippen LogP contribution in [0.2, 0.25) is 0 Å². The zero-order valence-corrected chi connectivity index (χ0v) is 17.0. The topological polar surface area (TPSA) is 87.7 Å². The smallest absolute Gasteiger partial charge is 0.223 e. The largest absolute Gasteiger partial charge is 0.379 e. The van der Waals surface area contributed by atoms with Crippen LogP contribution in [0.25, 0.3) is 0 Å². The second kappa shape index (κ2) is 10.4. The summed E-state index contributed by atoms with van der Waals surface area (Å²) < 4.78 is 32.1. The van der Waals surface area contributed by atoms with Gasteiger partial charge in [-0.15, -0.1) is 12.4 Å². The minimum Gasteiger partial charge on any atom is -0.379 e. The Labute approximate surface area is 167 Å². The fourth-order valence-corrected chi connectivity index (χ4v) is 4.96. The van der Waals surface area contributed by atoms with Crippen molar-refractivity contribution in [2.75, 3.05) is 39.4 Å². The van der Waals surface area contributed by atoms with Crippen molar-refractivity contribution in [3.8, 4) is 0 Å². The number of hydrogen-bond acceptors (Lipinski definition) is 5. The van der Waals surface area contributed by atoms with Gasteiger partial charge in [-0.2, -0.15) is 4.31 Å². The number of ether oxygens (including phenoxy) is 1. The zero-order chi connectivity index (χ0) is 18.4. The lowest BCUT2D eigenvalue weighted by Crippen LogP contribution is -2.41. The molecular formula is C18H28ClN3O4S. The lowest BCUT2D eigenvalue weighted by molar-refractivity contribution is -0.125. The number of nitrogens with one attached hydrogen (secondary N) is 2. The summed E-state index contributed by atoms with van der Waals surface area (Å²) in [5.74, 6) is 0.0460. The van der Waals surface area contributed by atoms with Gasteiger partial charge in [-0.25, -0.2) is 8.42 Å². The molecule has 2 N–H and O–H groups in total. The molecule has 2 heterocycles. The van der Waals surface area contributed by atoms with Crippen LogP contribution in [0.3, 0.4) is 0 Å². The van der Waals surface area contributed by atoms with E-state index in [9.17, 15) is 13.2 Å². The van der Waals surface area contributed by atoms with Gasteiger partial charge in [0.1, 0.15) is 0 Å². The van der Waals surface area contributed by atoms with Crippen molar-refractivity contribution in [1.29, 1.82) is 0 Å². The quantitative estimate of drug-likeness (QED) is 0.717. The van der Waals surface area contributed by atoms with Crippen molar-refractivity contribution >= 4 is 28.3 Å². The minimum absolute atomic E-state index is 0. The van der Waals surface area contributed by atoms with Crippen LogP contribution in [0, 0.1) is 5.92 Å². The summed E-state index contributed by atoms with van der Waals surface area (Å²) in [6, 6.07) is 7.41. The summed E-state index contributed by atoms with van der Waals surface area (Å²) in [5.41, 5.74) is 1.59. The molecule has 2 aliphatic heterocycles. The van der Waals surface area contributed by atoms with Crippen LogP contribution in [-0.2, 0) is 31.9 Å². The standard InChI is InChI=1S/C18H27N3O4S.ClH/c22-18(15-5-7-19-8-6-15)20-13-16-3-1-2-4-17(16)14-26(23,24)21-9-11-25-12-10-21;/h1-4,15,19H,5-14H2,(H,20,22);1H. The van der Waals surface area contributed by atoms with Gasteiger partial charge in [-0.05, 0) is 37.1 Å². The highest BCUT2D eigenvalue weighted by molar-refractivity contribution is 7.88. The van der Waals surface area contributed by atoms with Crippen LogP contribution in [0.5, 0.6) is 0 Å². The van der Waals surface area contributed by atoms with E-state index in [0.29, 0.717) is 32.8 Å². The molecule has 0 bridgehead atoms. The third-order valence-corrected chi connectivity index (χ3v) is 6.81. The number of rotatable bonds is 6. The Morgan fingerprint density at radius 3 is 2.44 bits per heavy atom. The van der Waals surface area contributed by atoms with E-state index in [4.69, 9.17) is 4.74 Å². The van der Waals surface area contributed by atoms with Gasteiger partial charge >= 0.3 is 0 Å². The molecule has 0 aromatic heterocycles. The van der Waals surface area contributed by atoms with E-state index in [2.05, 4.69) is 10.6 Å². The van der Waals surface area contributed by atoms with Crippen molar-refractivity contribution in [3.05, 3.63) is 35.4 Å². The first-order valence-electron chi connectivity index (χ1n) is 9.17. The third-order valence-electron chi connectivity index (χ3n) is 4.98. The molecule has 0 spiro atoms. The molecule has 1 amide bonds. The number of halogens is 1. The fraction of sp³-hybridized carbons (Fsp3) is 0.611. The Morgan fingerprint density at radius 1 is 1.15 bits per heavy atom. The summed E-state index contributed by atoms with van der Waals surface area (Å²) in [4.78, 5) is 12.3. The van der Waals surface area contributed by atoms with Gasteiger partial charge in [0.15, 0.2) is 0 Å². The SMILES string of the molecule is Cl.O=C(NCc1ccccc1CS(=O)(=O)N1CCOCC1)C1CCNCC1. The number of morpholine rings is 1. The highest BCUT2D eigenvalue weighted by atomic mass is 35.5. The maximum absolute atomic E-state index is 12.7. The Balaban J connectivity index is 0.00000261. The summed E-state index contributed by atoms with van der Waals surface area (Å²) in [6.45, 7) is 3.77. The molecule has 152 valence electrons. The van der Waals surface area contributed by atoms with E-state index in [1.807, 2.05) is 24.3 Å². The molecule has 27 heavy (non-hydrogen) atoms. The number of hydrogen-bond donors (Lipinski definition) is 2.